The molecule has 0 unspecified atom stereocenters. The lowest BCUT2D eigenvalue weighted by Crippen LogP contribution is -2.36. The molecule has 19 heavy (non-hydrogen) atoms. The molecule has 1 amide bonds. The first-order valence-electron chi connectivity index (χ1n) is 6.42. The van der Waals surface area contributed by atoms with Crippen LogP contribution in [0.5, 0.6) is 0 Å². The smallest absolute Gasteiger partial charge is 0.217 e. The van der Waals surface area contributed by atoms with Gasteiger partial charge in [0, 0.05) is 31.3 Å². The van der Waals surface area contributed by atoms with Gasteiger partial charge < -0.3 is 15.0 Å². The Balaban J connectivity index is 1.92. The third-order valence-corrected chi connectivity index (χ3v) is 2.90. The monoisotopic (exact) mass is 258 g/mol. The predicted molar refractivity (Wildman–Crippen MR) is 75.0 cm³/mol. The molecule has 2 rings (SSSR count). The molecule has 100 valence electrons. The molecule has 0 bridgehead atoms. The van der Waals surface area contributed by atoms with Gasteiger partial charge >= 0.3 is 0 Å². The van der Waals surface area contributed by atoms with Crippen molar-refractivity contribution in [3.63, 3.8) is 0 Å². The van der Waals surface area contributed by atoms with Gasteiger partial charge in [0.1, 0.15) is 0 Å². The zero-order valence-electron chi connectivity index (χ0n) is 11.1. The van der Waals surface area contributed by atoms with Crippen LogP contribution in [-0.2, 0) is 9.53 Å². The van der Waals surface area contributed by atoms with Crippen molar-refractivity contribution < 1.29 is 9.53 Å². The average Bonchev–Trinajstić information content (AvgIpc) is 2.45. The quantitative estimate of drug-likeness (QED) is 0.805. The Hall–Kier alpha value is -1.99. The SMILES string of the molecule is CC(=O)NCC#Cc1ccc(N2CCOCC2)cc1. The highest BCUT2D eigenvalue weighted by Crippen LogP contribution is 2.16. The van der Waals surface area contributed by atoms with Crippen LogP contribution in [0.15, 0.2) is 24.3 Å². The van der Waals surface area contributed by atoms with E-state index in [0.29, 0.717) is 6.54 Å². The maximum Gasteiger partial charge on any atom is 0.217 e. The normalized spacial score (nSPS) is 14.5. The van der Waals surface area contributed by atoms with E-state index in [-0.39, 0.29) is 5.91 Å². The molecular formula is C15H18N2O2. The fourth-order valence-corrected chi connectivity index (χ4v) is 1.89. The third kappa shape index (κ3) is 4.31. The van der Waals surface area contributed by atoms with Gasteiger partial charge in [0.05, 0.1) is 19.8 Å². The highest BCUT2D eigenvalue weighted by atomic mass is 16.5. The fourth-order valence-electron chi connectivity index (χ4n) is 1.89. The number of rotatable bonds is 2. The summed E-state index contributed by atoms with van der Waals surface area (Å²) in [4.78, 5) is 13.0. The molecule has 0 radical (unpaired) electrons. The zero-order valence-corrected chi connectivity index (χ0v) is 11.1. The molecule has 1 aliphatic rings. The summed E-state index contributed by atoms with van der Waals surface area (Å²) in [5.74, 6) is 5.88. The first kappa shape index (κ1) is 13.4. The molecule has 0 spiro atoms. The van der Waals surface area contributed by atoms with Crippen LogP contribution >= 0.6 is 0 Å². The predicted octanol–water partition coefficient (Wildman–Crippen LogP) is 1.01. The van der Waals surface area contributed by atoms with E-state index in [1.807, 2.05) is 12.1 Å². The number of carbonyl (C=O) groups is 1. The maximum absolute atomic E-state index is 10.7. The Bertz CT molecular complexity index is 479. The number of benzene rings is 1. The summed E-state index contributed by atoms with van der Waals surface area (Å²) < 4.78 is 5.33. The first-order chi connectivity index (χ1) is 9.25. The van der Waals surface area contributed by atoms with Gasteiger partial charge in [-0.15, -0.1) is 0 Å². The largest absolute Gasteiger partial charge is 0.378 e. The molecule has 1 saturated heterocycles. The number of ether oxygens (including phenoxy) is 1. The minimum atomic E-state index is -0.0584. The fraction of sp³-hybridized carbons (Fsp3) is 0.400. The second-order valence-electron chi connectivity index (χ2n) is 4.36. The van der Waals surface area contributed by atoms with Crippen LogP contribution in [0.1, 0.15) is 12.5 Å². The van der Waals surface area contributed by atoms with Crippen molar-refractivity contribution in [2.45, 2.75) is 6.92 Å². The van der Waals surface area contributed by atoms with Gasteiger partial charge in [-0.25, -0.2) is 0 Å². The molecule has 1 aliphatic heterocycles. The highest BCUT2D eigenvalue weighted by molar-refractivity contribution is 5.73. The van der Waals surface area contributed by atoms with Crippen LogP contribution in [0.25, 0.3) is 0 Å². The van der Waals surface area contributed by atoms with E-state index >= 15 is 0 Å². The van der Waals surface area contributed by atoms with Crippen molar-refractivity contribution in [3.05, 3.63) is 29.8 Å². The number of amides is 1. The Labute approximate surface area is 113 Å². The summed E-state index contributed by atoms with van der Waals surface area (Å²) >= 11 is 0. The molecule has 1 aromatic carbocycles. The van der Waals surface area contributed by atoms with Gasteiger partial charge in [0.15, 0.2) is 0 Å². The Morgan fingerprint density at radius 1 is 1.32 bits per heavy atom. The van der Waals surface area contributed by atoms with Gasteiger partial charge in [-0.2, -0.15) is 0 Å². The van der Waals surface area contributed by atoms with Gasteiger partial charge in [-0.1, -0.05) is 11.8 Å². The lowest BCUT2D eigenvalue weighted by molar-refractivity contribution is -0.118. The van der Waals surface area contributed by atoms with E-state index in [9.17, 15) is 4.79 Å². The Kier molecular flexibility index (Phi) is 4.82. The highest BCUT2D eigenvalue weighted by Gasteiger charge is 2.10. The van der Waals surface area contributed by atoms with E-state index in [0.717, 1.165) is 31.9 Å². The van der Waals surface area contributed by atoms with E-state index in [1.165, 1.54) is 12.6 Å². The summed E-state index contributed by atoms with van der Waals surface area (Å²) in [7, 11) is 0. The minimum Gasteiger partial charge on any atom is -0.378 e. The van der Waals surface area contributed by atoms with Crippen molar-refractivity contribution in [2.75, 3.05) is 37.7 Å². The lowest BCUT2D eigenvalue weighted by Gasteiger charge is -2.28. The van der Waals surface area contributed by atoms with Crippen molar-refractivity contribution in [2.24, 2.45) is 0 Å². The topological polar surface area (TPSA) is 41.6 Å². The number of nitrogens with one attached hydrogen (secondary N) is 1. The number of anilines is 1. The maximum atomic E-state index is 10.7. The molecule has 0 aromatic heterocycles. The molecule has 0 atom stereocenters. The number of carbonyl (C=O) groups excluding carboxylic acids is 1. The molecule has 1 N–H and O–H groups in total. The second-order valence-corrected chi connectivity index (χ2v) is 4.36. The summed E-state index contributed by atoms with van der Waals surface area (Å²) in [5, 5.41) is 2.64. The number of nitrogens with zero attached hydrogens (tertiary/aromatic N) is 1. The van der Waals surface area contributed by atoms with E-state index in [1.54, 1.807) is 0 Å². The van der Waals surface area contributed by atoms with E-state index in [4.69, 9.17) is 4.74 Å². The standard InChI is InChI=1S/C15H18N2O2/c1-13(18)16-8-2-3-14-4-6-15(7-5-14)17-9-11-19-12-10-17/h4-7H,8-12H2,1H3,(H,16,18). The zero-order chi connectivity index (χ0) is 13.5. The van der Waals surface area contributed by atoms with E-state index < -0.39 is 0 Å². The summed E-state index contributed by atoms with van der Waals surface area (Å²) in [5.41, 5.74) is 2.16. The Morgan fingerprint density at radius 2 is 2.00 bits per heavy atom. The van der Waals surface area contributed by atoms with Crippen LogP contribution in [-0.4, -0.2) is 38.8 Å². The molecule has 1 heterocycles. The van der Waals surface area contributed by atoms with E-state index in [2.05, 4.69) is 34.2 Å². The molecule has 4 heteroatoms. The van der Waals surface area contributed by atoms with Crippen LogP contribution in [0.4, 0.5) is 5.69 Å². The first-order valence-corrected chi connectivity index (χ1v) is 6.42. The van der Waals surface area contributed by atoms with Crippen LogP contribution in [0.2, 0.25) is 0 Å². The number of hydrogen-bond donors (Lipinski definition) is 1. The van der Waals surface area contributed by atoms with Gasteiger partial charge in [0.2, 0.25) is 5.91 Å². The lowest BCUT2D eigenvalue weighted by atomic mass is 10.2. The average molecular weight is 258 g/mol. The molecular weight excluding hydrogens is 240 g/mol. The van der Waals surface area contributed by atoms with Crippen molar-refractivity contribution >= 4 is 11.6 Å². The molecule has 0 aliphatic carbocycles. The number of morpholine rings is 1. The van der Waals surface area contributed by atoms with Gasteiger partial charge in [0.25, 0.3) is 0 Å². The van der Waals surface area contributed by atoms with Gasteiger partial charge in [-0.3, -0.25) is 4.79 Å². The minimum absolute atomic E-state index is 0.0584. The molecule has 1 aromatic rings. The van der Waals surface area contributed by atoms with Gasteiger partial charge in [-0.05, 0) is 24.3 Å². The van der Waals surface area contributed by atoms with Crippen LogP contribution in [0.3, 0.4) is 0 Å². The van der Waals surface area contributed by atoms with Crippen LogP contribution in [0, 0.1) is 11.8 Å². The molecule has 1 fully saturated rings. The van der Waals surface area contributed by atoms with Crippen molar-refractivity contribution in [1.29, 1.82) is 0 Å². The summed E-state index contributed by atoms with van der Waals surface area (Å²) in [6.07, 6.45) is 0. The Morgan fingerprint density at radius 3 is 2.63 bits per heavy atom. The van der Waals surface area contributed by atoms with Crippen molar-refractivity contribution in [3.8, 4) is 11.8 Å². The molecule has 0 saturated carbocycles. The van der Waals surface area contributed by atoms with Crippen LogP contribution < -0.4 is 10.2 Å². The number of hydrogen-bond acceptors (Lipinski definition) is 3. The summed E-state index contributed by atoms with van der Waals surface area (Å²) in [6.45, 7) is 5.33. The third-order valence-electron chi connectivity index (χ3n) is 2.90. The second kappa shape index (κ2) is 6.81. The van der Waals surface area contributed by atoms with Crippen molar-refractivity contribution in [1.82, 2.24) is 5.32 Å². The summed E-state index contributed by atoms with van der Waals surface area (Å²) in [6, 6.07) is 8.17. The molecule has 4 nitrogen and oxygen atoms in total.